The molecule has 0 aliphatic carbocycles. The highest BCUT2D eigenvalue weighted by atomic mass is 16.5. The van der Waals surface area contributed by atoms with Crippen LogP contribution in [0.15, 0.2) is 54.6 Å². The highest BCUT2D eigenvalue weighted by molar-refractivity contribution is 5.71. The first-order valence-corrected chi connectivity index (χ1v) is 6.66. The number of benzene rings is 2. The Morgan fingerprint density at radius 2 is 1.33 bits per heavy atom. The molecule has 0 atom stereocenters. The fraction of sp³-hybridized carbons (Fsp3) is 0.0588. The fourth-order valence-electron chi connectivity index (χ4n) is 2.30. The minimum absolute atomic E-state index is 0.354. The van der Waals surface area contributed by atoms with E-state index in [1.54, 1.807) is 37.3 Å². The molecule has 3 aromatic rings. The van der Waals surface area contributed by atoms with Crippen LogP contribution in [-0.4, -0.2) is 0 Å². The Bertz CT molecular complexity index is 827. The van der Waals surface area contributed by atoms with E-state index < -0.39 is 0 Å². The summed E-state index contributed by atoms with van der Waals surface area (Å²) in [7, 11) is 0. The monoisotopic (exact) mass is 278 g/mol. The van der Waals surface area contributed by atoms with Crippen molar-refractivity contribution in [3.63, 3.8) is 0 Å². The van der Waals surface area contributed by atoms with Gasteiger partial charge in [-0.2, -0.15) is 9.46 Å². The molecule has 0 amide bonds. The summed E-state index contributed by atoms with van der Waals surface area (Å²) >= 11 is 0. The summed E-state index contributed by atoms with van der Waals surface area (Å²) in [4.78, 5) is 0. The van der Waals surface area contributed by atoms with Crippen molar-refractivity contribution in [3.05, 3.63) is 82.0 Å². The molecule has 104 valence electrons. The van der Waals surface area contributed by atoms with E-state index in [1.807, 2.05) is 36.4 Å². The van der Waals surface area contributed by atoms with Gasteiger partial charge in [0.15, 0.2) is 0 Å². The zero-order chi connectivity index (χ0) is 14.8. The molecule has 0 aliphatic heterocycles. The second kappa shape index (κ2) is 5.25. The average molecular weight is 278 g/mol. The van der Waals surface area contributed by atoms with E-state index >= 15 is 0 Å². The van der Waals surface area contributed by atoms with Crippen LogP contribution in [0.2, 0.25) is 0 Å². The van der Waals surface area contributed by atoms with Gasteiger partial charge in [-0.1, -0.05) is 42.5 Å². The molecule has 1 aromatic heterocycles. The summed E-state index contributed by atoms with van der Waals surface area (Å²) in [5.74, 6) is 0. The third-order valence-corrected chi connectivity index (χ3v) is 3.45. The van der Waals surface area contributed by atoms with Crippen molar-refractivity contribution in [3.8, 4) is 0 Å². The first kappa shape index (κ1) is 13.1. The maximum absolute atomic E-state index is 12.4. The number of rotatable bonds is 2. The normalized spacial score (nSPS) is 11.3. The van der Waals surface area contributed by atoms with E-state index in [9.17, 15) is 10.4 Å². The molecule has 21 heavy (non-hydrogen) atoms. The van der Waals surface area contributed by atoms with Crippen LogP contribution in [0.4, 0.5) is 0 Å². The zero-order valence-corrected chi connectivity index (χ0v) is 11.6. The minimum Gasteiger partial charge on any atom is -0.618 e. The number of hydrogen-bond acceptors (Lipinski definition) is 2. The number of nitrogens with zero attached hydrogens (tertiary/aromatic N) is 2. The third-order valence-electron chi connectivity index (χ3n) is 3.45. The largest absolute Gasteiger partial charge is 0.618 e. The van der Waals surface area contributed by atoms with Crippen LogP contribution in [0.25, 0.3) is 23.2 Å². The Hall–Kier alpha value is -2.88. The van der Waals surface area contributed by atoms with Crippen LogP contribution in [0, 0.1) is 17.3 Å². The predicted octanol–water partition coefficient (Wildman–Crippen LogP) is 2.59. The number of aromatic nitrogens is 2. The van der Waals surface area contributed by atoms with Crippen molar-refractivity contribution >= 4 is 23.2 Å². The first-order valence-electron chi connectivity index (χ1n) is 6.66. The summed E-state index contributed by atoms with van der Waals surface area (Å²) in [5, 5.41) is 24.7. The lowest BCUT2D eigenvalue weighted by Crippen LogP contribution is -2.43. The standard InChI is InChI=1S/C17H14N2O2/c1-13-15(12-11-14-7-3-2-4-8-14)19(21)17-10-6-5-9-16(17)18(13)20/h2-12H,1H3. The molecule has 1 heterocycles. The first-order chi connectivity index (χ1) is 10.2. The van der Waals surface area contributed by atoms with Gasteiger partial charge in [0.25, 0.3) is 22.4 Å². The highest BCUT2D eigenvalue weighted by Gasteiger charge is 2.22. The topological polar surface area (TPSA) is 53.9 Å². The van der Waals surface area contributed by atoms with Crippen LogP contribution in [-0.2, 0) is 0 Å². The maximum Gasteiger partial charge on any atom is 0.290 e. The van der Waals surface area contributed by atoms with Gasteiger partial charge in [-0.25, -0.2) is 0 Å². The van der Waals surface area contributed by atoms with Crippen molar-refractivity contribution in [1.82, 2.24) is 0 Å². The number of fused-ring (bicyclic) bond motifs is 1. The molecule has 0 aliphatic rings. The van der Waals surface area contributed by atoms with Crippen LogP contribution < -0.4 is 9.46 Å². The summed E-state index contributed by atoms with van der Waals surface area (Å²) in [6, 6.07) is 16.4. The van der Waals surface area contributed by atoms with Gasteiger partial charge in [0.05, 0.1) is 0 Å². The smallest absolute Gasteiger partial charge is 0.290 e. The molecule has 0 saturated heterocycles. The van der Waals surface area contributed by atoms with Gasteiger partial charge in [0.2, 0.25) is 0 Å². The summed E-state index contributed by atoms with van der Waals surface area (Å²) in [6.45, 7) is 1.65. The molecule has 0 radical (unpaired) electrons. The van der Waals surface area contributed by atoms with Gasteiger partial charge in [-0.05, 0) is 11.6 Å². The molecule has 2 aromatic carbocycles. The molecule has 4 nitrogen and oxygen atoms in total. The van der Waals surface area contributed by atoms with Gasteiger partial charge >= 0.3 is 0 Å². The molecule has 0 spiro atoms. The fourth-order valence-corrected chi connectivity index (χ4v) is 2.30. The van der Waals surface area contributed by atoms with Crippen molar-refractivity contribution < 1.29 is 9.46 Å². The number of para-hydroxylation sites is 2. The minimum atomic E-state index is 0.354. The second-order valence-electron chi connectivity index (χ2n) is 4.79. The van der Waals surface area contributed by atoms with E-state index in [0.717, 1.165) is 15.0 Å². The van der Waals surface area contributed by atoms with E-state index in [4.69, 9.17) is 0 Å². The lowest BCUT2D eigenvalue weighted by Gasteiger charge is -2.08. The lowest BCUT2D eigenvalue weighted by molar-refractivity contribution is -0.634. The van der Waals surface area contributed by atoms with Gasteiger partial charge < -0.3 is 10.4 Å². The van der Waals surface area contributed by atoms with Crippen molar-refractivity contribution in [1.29, 1.82) is 0 Å². The summed E-state index contributed by atoms with van der Waals surface area (Å²) < 4.78 is 1.60. The SMILES string of the molecule is Cc1c(C=Cc2ccccc2)[n+]([O-])c2ccccc2[n+]1[O-]. The van der Waals surface area contributed by atoms with Crippen molar-refractivity contribution in [2.24, 2.45) is 0 Å². The molecule has 0 unspecified atom stereocenters. The Labute approximate surface area is 122 Å². The van der Waals surface area contributed by atoms with Gasteiger partial charge in [-0.15, -0.1) is 0 Å². The molecule has 4 heteroatoms. The Morgan fingerprint density at radius 1 is 0.762 bits per heavy atom. The average Bonchev–Trinajstić information content (AvgIpc) is 2.54. The summed E-state index contributed by atoms with van der Waals surface area (Å²) in [6.07, 6.45) is 3.50. The Balaban J connectivity index is 2.17. The summed E-state index contributed by atoms with van der Waals surface area (Å²) in [5.41, 5.74) is 2.46. The van der Waals surface area contributed by atoms with Crippen LogP contribution >= 0.6 is 0 Å². The van der Waals surface area contributed by atoms with E-state index in [2.05, 4.69) is 0 Å². The van der Waals surface area contributed by atoms with Crippen LogP contribution in [0.5, 0.6) is 0 Å². The molecular weight excluding hydrogens is 264 g/mol. The quantitative estimate of drug-likeness (QED) is 0.534. The molecule has 0 fully saturated rings. The van der Waals surface area contributed by atoms with Crippen LogP contribution in [0.1, 0.15) is 17.0 Å². The van der Waals surface area contributed by atoms with Gasteiger partial charge in [-0.3, -0.25) is 0 Å². The van der Waals surface area contributed by atoms with E-state index in [-0.39, 0.29) is 0 Å². The lowest BCUT2D eigenvalue weighted by atomic mass is 10.2. The highest BCUT2D eigenvalue weighted by Crippen LogP contribution is 2.11. The van der Waals surface area contributed by atoms with Gasteiger partial charge in [0, 0.05) is 25.1 Å². The molecule has 0 bridgehead atoms. The van der Waals surface area contributed by atoms with E-state index in [1.165, 1.54) is 0 Å². The third kappa shape index (κ3) is 2.31. The predicted molar refractivity (Wildman–Crippen MR) is 82.0 cm³/mol. The zero-order valence-electron chi connectivity index (χ0n) is 11.6. The van der Waals surface area contributed by atoms with Crippen LogP contribution in [0.3, 0.4) is 0 Å². The molecular formula is C17H14N2O2. The molecule has 3 rings (SSSR count). The maximum atomic E-state index is 12.4. The van der Waals surface area contributed by atoms with Gasteiger partial charge in [0.1, 0.15) is 0 Å². The Morgan fingerprint density at radius 3 is 2.00 bits per heavy atom. The molecule has 0 saturated carbocycles. The molecule has 0 N–H and O–H groups in total. The Kier molecular flexibility index (Phi) is 3.28. The number of hydrogen-bond donors (Lipinski definition) is 0. The van der Waals surface area contributed by atoms with E-state index in [0.29, 0.717) is 22.4 Å². The second-order valence-corrected chi connectivity index (χ2v) is 4.79. The van der Waals surface area contributed by atoms with Crippen molar-refractivity contribution in [2.75, 3.05) is 0 Å². The van der Waals surface area contributed by atoms with Crippen molar-refractivity contribution in [2.45, 2.75) is 6.92 Å².